The maximum atomic E-state index is 11.7. The van der Waals surface area contributed by atoms with Gasteiger partial charge in [-0.25, -0.2) is 4.79 Å². The molecule has 0 unspecified atom stereocenters. The Kier molecular flexibility index (Phi) is 4.76. The Bertz CT molecular complexity index is 616. The molecule has 0 saturated heterocycles. The van der Waals surface area contributed by atoms with Gasteiger partial charge in [-0.15, -0.1) is 0 Å². The van der Waals surface area contributed by atoms with Crippen molar-refractivity contribution in [2.24, 2.45) is 0 Å². The van der Waals surface area contributed by atoms with Crippen molar-refractivity contribution >= 4 is 40.2 Å². The number of benzene rings is 1. The molecule has 98 valence electrons. The second kappa shape index (κ2) is 6.34. The van der Waals surface area contributed by atoms with Crippen LogP contribution in [-0.4, -0.2) is 18.1 Å². The molecule has 0 spiro atoms. The summed E-state index contributed by atoms with van der Waals surface area (Å²) in [6.07, 6.45) is 3.79. The zero-order valence-corrected chi connectivity index (χ0v) is 13.1. The molecule has 0 saturated carbocycles. The summed E-state index contributed by atoms with van der Waals surface area (Å²) in [6.45, 7) is 0. The van der Waals surface area contributed by atoms with Crippen LogP contribution in [0.3, 0.4) is 0 Å². The summed E-state index contributed by atoms with van der Waals surface area (Å²) in [7, 11) is 1.37. The van der Waals surface area contributed by atoms with Gasteiger partial charge >= 0.3 is 5.97 Å². The molecule has 0 N–H and O–H groups in total. The second-order valence-corrected chi connectivity index (χ2v) is 5.59. The first-order chi connectivity index (χ1) is 9.11. The molecule has 0 atom stereocenters. The molecule has 1 aromatic carbocycles. The minimum absolute atomic E-state index is 0.362. The van der Waals surface area contributed by atoms with E-state index < -0.39 is 0 Å². The number of ether oxygens (including phenoxy) is 1. The van der Waals surface area contributed by atoms with E-state index in [4.69, 9.17) is 16.3 Å². The van der Waals surface area contributed by atoms with Gasteiger partial charge in [0.2, 0.25) is 0 Å². The van der Waals surface area contributed by atoms with Gasteiger partial charge in [0.05, 0.1) is 12.7 Å². The maximum Gasteiger partial charge on any atom is 0.338 e. The van der Waals surface area contributed by atoms with Crippen LogP contribution in [0.1, 0.15) is 21.5 Å². The van der Waals surface area contributed by atoms with Crippen LogP contribution in [0.5, 0.6) is 0 Å². The van der Waals surface area contributed by atoms with Gasteiger partial charge in [0, 0.05) is 27.4 Å². The molecule has 1 aromatic heterocycles. The lowest BCUT2D eigenvalue weighted by molar-refractivity contribution is 0.0599. The number of aromatic nitrogens is 1. The Morgan fingerprint density at radius 3 is 2.84 bits per heavy atom. The van der Waals surface area contributed by atoms with E-state index >= 15 is 0 Å². The summed E-state index contributed by atoms with van der Waals surface area (Å²) < 4.78 is 5.84. The maximum absolute atomic E-state index is 11.7. The predicted octanol–water partition coefficient (Wildman–Crippen LogP) is 3.72. The van der Waals surface area contributed by atoms with E-state index in [9.17, 15) is 4.79 Å². The summed E-state index contributed by atoms with van der Waals surface area (Å²) in [6, 6.07) is 7.49. The Labute approximate surface area is 130 Å². The Morgan fingerprint density at radius 1 is 1.37 bits per heavy atom. The molecule has 5 heteroatoms. The Morgan fingerprint density at radius 2 is 2.16 bits per heavy atom. The smallest absolute Gasteiger partial charge is 0.338 e. The number of hydrogen-bond donors (Lipinski definition) is 0. The number of pyridine rings is 1. The zero-order valence-electron chi connectivity index (χ0n) is 10.2. The molecular weight excluding hydrogens is 377 g/mol. The van der Waals surface area contributed by atoms with Gasteiger partial charge in [-0.3, -0.25) is 4.98 Å². The minimum Gasteiger partial charge on any atom is -0.465 e. The molecule has 0 radical (unpaired) electrons. The van der Waals surface area contributed by atoms with Crippen LogP contribution in [0.2, 0.25) is 5.02 Å². The van der Waals surface area contributed by atoms with Crippen molar-refractivity contribution < 1.29 is 9.53 Å². The molecule has 0 aliphatic heterocycles. The molecule has 3 nitrogen and oxygen atoms in total. The standard InChI is InChI=1S/C14H11ClINO2/c1-19-14(18)12-4-5-17-8-10(12)6-9-2-3-11(16)7-13(9)15/h2-5,7-8H,6H2,1H3. The predicted molar refractivity (Wildman–Crippen MR) is 82.6 cm³/mol. The summed E-state index contributed by atoms with van der Waals surface area (Å²) >= 11 is 8.41. The van der Waals surface area contributed by atoms with E-state index in [0.717, 1.165) is 14.7 Å². The lowest BCUT2D eigenvalue weighted by atomic mass is 10.0. The van der Waals surface area contributed by atoms with Crippen LogP contribution in [-0.2, 0) is 11.2 Å². The van der Waals surface area contributed by atoms with Crippen molar-refractivity contribution in [3.05, 3.63) is 61.9 Å². The molecule has 0 amide bonds. The quantitative estimate of drug-likeness (QED) is 0.595. The Hall–Kier alpha value is -1.14. The molecule has 0 aliphatic rings. The fourth-order valence-electron chi connectivity index (χ4n) is 1.75. The first-order valence-corrected chi connectivity index (χ1v) is 7.02. The zero-order chi connectivity index (χ0) is 13.8. The van der Waals surface area contributed by atoms with Crippen LogP contribution in [0, 0.1) is 3.57 Å². The number of halogens is 2. The first-order valence-electron chi connectivity index (χ1n) is 5.57. The number of carbonyl (C=O) groups excluding carboxylic acids is 1. The van der Waals surface area contributed by atoms with Gasteiger partial charge < -0.3 is 4.74 Å². The lowest BCUT2D eigenvalue weighted by Crippen LogP contribution is -2.06. The second-order valence-electron chi connectivity index (χ2n) is 3.94. The Balaban J connectivity index is 2.35. The third-order valence-electron chi connectivity index (χ3n) is 2.70. The lowest BCUT2D eigenvalue weighted by Gasteiger charge is -2.08. The summed E-state index contributed by atoms with van der Waals surface area (Å²) in [5, 5.41) is 0.687. The van der Waals surface area contributed by atoms with Crippen LogP contribution in [0.4, 0.5) is 0 Å². The van der Waals surface area contributed by atoms with Crippen LogP contribution in [0.25, 0.3) is 0 Å². The van der Waals surface area contributed by atoms with Crippen LogP contribution < -0.4 is 0 Å². The van der Waals surface area contributed by atoms with Crippen molar-refractivity contribution in [1.29, 1.82) is 0 Å². The molecule has 0 bridgehead atoms. The van der Waals surface area contributed by atoms with E-state index in [-0.39, 0.29) is 5.97 Å². The van der Waals surface area contributed by atoms with E-state index in [2.05, 4.69) is 27.6 Å². The molecule has 19 heavy (non-hydrogen) atoms. The average Bonchev–Trinajstić information content (AvgIpc) is 2.41. The van der Waals surface area contributed by atoms with Gasteiger partial charge in [0.1, 0.15) is 0 Å². The van der Waals surface area contributed by atoms with Crippen molar-refractivity contribution in [3.8, 4) is 0 Å². The topological polar surface area (TPSA) is 39.2 Å². The minimum atomic E-state index is -0.362. The molecule has 0 fully saturated rings. The van der Waals surface area contributed by atoms with Crippen molar-refractivity contribution in [2.45, 2.75) is 6.42 Å². The molecule has 2 aromatic rings. The van der Waals surface area contributed by atoms with Gasteiger partial charge in [-0.05, 0) is 51.9 Å². The highest BCUT2D eigenvalue weighted by molar-refractivity contribution is 14.1. The third kappa shape index (κ3) is 3.45. The number of hydrogen-bond acceptors (Lipinski definition) is 3. The van der Waals surface area contributed by atoms with E-state index in [1.54, 1.807) is 18.5 Å². The number of carbonyl (C=O) groups is 1. The highest BCUT2D eigenvalue weighted by atomic mass is 127. The fourth-order valence-corrected chi connectivity index (χ4v) is 2.67. The van der Waals surface area contributed by atoms with Gasteiger partial charge in [0.15, 0.2) is 0 Å². The van der Waals surface area contributed by atoms with Crippen LogP contribution >= 0.6 is 34.2 Å². The highest BCUT2D eigenvalue weighted by Gasteiger charge is 2.13. The monoisotopic (exact) mass is 387 g/mol. The van der Waals surface area contributed by atoms with Crippen molar-refractivity contribution in [2.75, 3.05) is 7.11 Å². The first kappa shape index (κ1) is 14.3. The summed E-state index contributed by atoms with van der Waals surface area (Å²) in [5.74, 6) is -0.362. The summed E-state index contributed by atoms with van der Waals surface area (Å²) in [4.78, 5) is 15.7. The van der Waals surface area contributed by atoms with Crippen molar-refractivity contribution in [3.63, 3.8) is 0 Å². The number of nitrogens with zero attached hydrogens (tertiary/aromatic N) is 1. The van der Waals surface area contributed by atoms with Crippen molar-refractivity contribution in [1.82, 2.24) is 4.98 Å². The van der Waals surface area contributed by atoms with E-state index in [0.29, 0.717) is 17.0 Å². The average molecular weight is 388 g/mol. The van der Waals surface area contributed by atoms with E-state index in [1.807, 2.05) is 18.2 Å². The SMILES string of the molecule is COC(=O)c1ccncc1Cc1ccc(I)cc1Cl. The number of esters is 1. The number of methoxy groups -OCH3 is 1. The largest absolute Gasteiger partial charge is 0.465 e. The van der Waals surface area contributed by atoms with Gasteiger partial charge in [0.25, 0.3) is 0 Å². The van der Waals surface area contributed by atoms with Crippen LogP contribution in [0.15, 0.2) is 36.7 Å². The molecule has 1 heterocycles. The highest BCUT2D eigenvalue weighted by Crippen LogP contribution is 2.23. The molecule has 0 aliphatic carbocycles. The van der Waals surface area contributed by atoms with E-state index in [1.165, 1.54) is 7.11 Å². The molecule has 2 rings (SSSR count). The number of rotatable bonds is 3. The van der Waals surface area contributed by atoms with Gasteiger partial charge in [-0.2, -0.15) is 0 Å². The van der Waals surface area contributed by atoms with Gasteiger partial charge in [-0.1, -0.05) is 17.7 Å². The fraction of sp³-hybridized carbons (Fsp3) is 0.143. The third-order valence-corrected chi connectivity index (χ3v) is 3.73. The normalized spacial score (nSPS) is 10.3. The molecular formula is C14H11ClINO2. The summed E-state index contributed by atoms with van der Waals surface area (Å²) in [5.41, 5.74) is 2.28.